The van der Waals surface area contributed by atoms with Crippen molar-refractivity contribution in [1.82, 2.24) is 9.55 Å². The summed E-state index contributed by atoms with van der Waals surface area (Å²) in [6, 6.07) is 6.87. The monoisotopic (exact) mass is 228 g/mol. The molecule has 1 heterocycles. The van der Waals surface area contributed by atoms with Crippen molar-refractivity contribution in [2.24, 2.45) is 0 Å². The van der Waals surface area contributed by atoms with Crippen molar-refractivity contribution < 1.29 is 9.90 Å². The van der Waals surface area contributed by atoms with Crippen LogP contribution in [0.3, 0.4) is 0 Å². The van der Waals surface area contributed by atoms with Crippen LogP contribution in [0.25, 0.3) is 5.69 Å². The minimum absolute atomic E-state index is 0.296. The largest absolute Gasteiger partial charge is 0.478 e. The number of aromatic carboxylic acids is 1. The van der Waals surface area contributed by atoms with E-state index in [1.807, 2.05) is 16.8 Å². The fraction of sp³-hybridized carbons (Fsp3) is 0.231. The number of aromatic nitrogens is 2. The molecular weight excluding hydrogens is 216 g/mol. The van der Waals surface area contributed by atoms with Gasteiger partial charge < -0.3 is 9.67 Å². The van der Waals surface area contributed by atoms with Crippen molar-refractivity contribution in [3.8, 4) is 5.69 Å². The predicted octanol–water partition coefficient (Wildman–Crippen LogP) is 2.45. The number of imidazole rings is 1. The highest BCUT2D eigenvalue weighted by atomic mass is 16.4. The minimum atomic E-state index is -0.908. The van der Waals surface area contributed by atoms with Crippen LogP contribution in [0.2, 0.25) is 0 Å². The van der Waals surface area contributed by atoms with Crippen LogP contribution in [-0.2, 0) is 0 Å². The molecule has 0 bridgehead atoms. The van der Waals surface area contributed by atoms with E-state index in [0.717, 1.165) is 11.4 Å². The Morgan fingerprint density at radius 1 is 1.41 bits per heavy atom. The first-order valence-corrected chi connectivity index (χ1v) is 5.61. The van der Waals surface area contributed by atoms with E-state index in [1.165, 1.54) is 12.8 Å². The number of carbonyl (C=O) groups is 1. The second-order valence-corrected chi connectivity index (χ2v) is 4.34. The average molecular weight is 228 g/mol. The SMILES string of the molecule is O=C(O)c1cccc(-n2cnc(C3CC3)c2)c1. The van der Waals surface area contributed by atoms with E-state index in [2.05, 4.69) is 4.98 Å². The third kappa shape index (κ3) is 1.93. The highest BCUT2D eigenvalue weighted by molar-refractivity contribution is 5.88. The Balaban J connectivity index is 1.96. The molecule has 0 amide bonds. The predicted molar refractivity (Wildman–Crippen MR) is 62.5 cm³/mol. The van der Waals surface area contributed by atoms with Gasteiger partial charge in [0, 0.05) is 17.8 Å². The molecule has 0 saturated heterocycles. The van der Waals surface area contributed by atoms with Crippen molar-refractivity contribution in [3.63, 3.8) is 0 Å². The topological polar surface area (TPSA) is 55.1 Å². The molecule has 1 aliphatic carbocycles. The summed E-state index contributed by atoms with van der Waals surface area (Å²) in [5, 5.41) is 8.93. The molecule has 4 heteroatoms. The molecule has 0 radical (unpaired) electrons. The van der Waals surface area contributed by atoms with Crippen LogP contribution in [0.4, 0.5) is 0 Å². The summed E-state index contributed by atoms with van der Waals surface area (Å²) in [5.41, 5.74) is 2.24. The highest BCUT2D eigenvalue weighted by Crippen LogP contribution is 2.39. The zero-order chi connectivity index (χ0) is 11.8. The van der Waals surface area contributed by atoms with Crippen LogP contribution in [0.5, 0.6) is 0 Å². The number of nitrogens with zero attached hydrogens (tertiary/aromatic N) is 2. The summed E-state index contributed by atoms with van der Waals surface area (Å²) in [6.07, 6.45) is 6.16. The maximum Gasteiger partial charge on any atom is 0.335 e. The molecule has 86 valence electrons. The van der Waals surface area contributed by atoms with Crippen LogP contribution in [0.15, 0.2) is 36.8 Å². The standard InChI is InChI=1S/C13H12N2O2/c16-13(17)10-2-1-3-11(6-10)15-7-12(14-8-15)9-4-5-9/h1-3,6-9H,4-5H2,(H,16,17). The van der Waals surface area contributed by atoms with Gasteiger partial charge in [0.1, 0.15) is 0 Å². The first kappa shape index (κ1) is 10.1. The molecule has 3 rings (SSSR count). The van der Waals surface area contributed by atoms with Gasteiger partial charge in [0.05, 0.1) is 17.6 Å². The van der Waals surface area contributed by atoms with E-state index in [1.54, 1.807) is 24.5 Å². The van der Waals surface area contributed by atoms with Gasteiger partial charge in [-0.3, -0.25) is 0 Å². The zero-order valence-electron chi connectivity index (χ0n) is 9.21. The molecule has 1 aromatic carbocycles. The Labute approximate surface area is 98.5 Å². The smallest absolute Gasteiger partial charge is 0.335 e. The Hall–Kier alpha value is -2.10. The summed E-state index contributed by atoms with van der Waals surface area (Å²) in [6.45, 7) is 0. The van der Waals surface area contributed by atoms with Gasteiger partial charge in [-0.05, 0) is 31.0 Å². The lowest BCUT2D eigenvalue weighted by Crippen LogP contribution is -1.98. The normalized spacial score (nSPS) is 14.8. The Kier molecular flexibility index (Phi) is 2.21. The van der Waals surface area contributed by atoms with Crippen LogP contribution >= 0.6 is 0 Å². The highest BCUT2D eigenvalue weighted by Gasteiger charge is 2.25. The van der Waals surface area contributed by atoms with Gasteiger partial charge in [-0.2, -0.15) is 0 Å². The molecule has 0 atom stereocenters. The summed E-state index contributed by atoms with van der Waals surface area (Å²) in [7, 11) is 0. The van der Waals surface area contributed by atoms with Gasteiger partial charge in [0.25, 0.3) is 0 Å². The van der Waals surface area contributed by atoms with Gasteiger partial charge in [-0.25, -0.2) is 9.78 Å². The third-order valence-electron chi connectivity index (χ3n) is 2.99. The lowest BCUT2D eigenvalue weighted by molar-refractivity contribution is 0.0697. The maximum absolute atomic E-state index is 10.9. The van der Waals surface area contributed by atoms with Crippen molar-refractivity contribution in [2.75, 3.05) is 0 Å². The Bertz CT molecular complexity index is 570. The van der Waals surface area contributed by atoms with Crippen molar-refractivity contribution in [1.29, 1.82) is 0 Å². The van der Waals surface area contributed by atoms with E-state index in [9.17, 15) is 4.79 Å². The number of carboxylic acids is 1. The van der Waals surface area contributed by atoms with E-state index in [4.69, 9.17) is 5.11 Å². The van der Waals surface area contributed by atoms with Crippen molar-refractivity contribution in [3.05, 3.63) is 48.0 Å². The van der Waals surface area contributed by atoms with E-state index in [-0.39, 0.29) is 0 Å². The molecule has 1 fully saturated rings. The Morgan fingerprint density at radius 3 is 2.94 bits per heavy atom. The second-order valence-electron chi connectivity index (χ2n) is 4.34. The molecule has 0 spiro atoms. The first-order chi connectivity index (χ1) is 8.24. The number of hydrogen-bond acceptors (Lipinski definition) is 2. The van der Waals surface area contributed by atoms with E-state index < -0.39 is 5.97 Å². The first-order valence-electron chi connectivity index (χ1n) is 5.61. The van der Waals surface area contributed by atoms with Gasteiger partial charge in [0.15, 0.2) is 0 Å². The second kappa shape index (κ2) is 3.73. The van der Waals surface area contributed by atoms with Gasteiger partial charge in [-0.15, -0.1) is 0 Å². The number of benzene rings is 1. The third-order valence-corrected chi connectivity index (χ3v) is 2.99. The molecule has 2 aromatic rings. The average Bonchev–Trinajstić information content (AvgIpc) is 3.07. The lowest BCUT2D eigenvalue weighted by Gasteiger charge is -2.02. The zero-order valence-corrected chi connectivity index (χ0v) is 9.21. The summed E-state index contributed by atoms with van der Waals surface area (Å²) in [4.78, 5) is 15.2. The number of carboxylic acid groups (broad SMARTS) is 1. The maximum atomic E-state index is 10.9. The molecule has 1 aliphatic rings. The number of rotatable bonds is 3. The fourth-order valence-corrected chi connectivity index (χ4v) is 1.87. The van der Waals surface area contributed by atoms with Gasteiger partial charge >= 0.3 is 5.97 Å². The van der Waals surface area contributed by atoms with E-state index in [0.29, 0.717) is 11.5 Å². The summed E-state index contributed by atoms with van der Waals surface area (Å²) >= 11 is 0. The van der Waals surface area contributed by atoms with Crippen LogP contribution in [0, 0.1) is 0 Å². The fourth-order valence-electron chi connectivity index (χ4n) is 1.87. The molecular formula is C13H12N2O2. The van der Waals surface area contributed by atoms with Crippen LogP contribution < -0.4 is 0 Å². The van der Waals surface area contributed by atoms with E-state index >= 15 is 0 Å². The number of hydrogen-bond donors (Lipinski definition) is 1. The molecule has 1 N–H and O–H groups in total. The summed E-state index contributed by atoms with van der Waals surface area (Å²) in [5.74, 6) is -0.298. The molecule has 0 unspecified atom stereocenters. The molecule has 4 nitrogen and oxygen atoms in total. The van der Waals surface area contributed by atoms with Crippen molar-refractivity contribution in [2.45, 2.75) is 18.8 Å². The summed E-state index contributed by atoms with van der Waals surface area (Å²) < 4.78 is 1.88. The van der Waals surface area contributed by atoms with Gasteiger partial charge in [0.2, 0.25) is 0 Å². The molecule has 0 aliphatic heterocycles. The van der Waals surface area contributed by atoms with Gasteiger partial charge in [-0.1, -0.05) is 6.07 Å². The van der Waals surface area contributed by atoms with Crippen LogP contribution in [0.1, 0.15) is 34.8 Å². The molecule has 17 heavy (non-hydrogen) atoms. The minimum Gasteiger partial charge on any atom is -0.478 e. The molecule has 1 aromatic heterocycles. The quantitative estimate of drug-likeness (QED) is 0.877. The van der Waals surface area contributed by atoms with Crippen LogP contribution in [-0.4, -0.2) is 20.6 Å². The Morgan fingerprint density at radius 2 is 2.24 bits per heavy atom. The molecule has 1 saturated carbocycles. The lowest BCUT2D eigenvalue weighted by atomic mass is 10.2. The van der Waals surface area contributed by atoms with Crippen molar-refractivity contribution >= 4 is 5.97 Å².